The molecule has 2 rings (SSSR count). The van der Waals surface area contributed by atoms with Gasteiger partial charge in [0.1, 0.15) is 0 Å². The van der Waals surface area contributed by atoms with Crippen LogP contribution in [0, 0.1) is 6.92 Å². The Morgan fingerprint density at radius 3 is 2.86 bits per heavy atom. The molecule has 0 aromatic heterocycles. The summed E-state index contributed by atoms with van der Waals surface area (Å²) in [6.45, 7) is 2.62. The molecule has 14 heavy (non-hydrogen) atoms. The maximum atomic E-state index is 11.1. The molecule has 1 heterocycles. The van der Waals surface area contributed by atoms with E-state index in [1.807, 2.05) is 19.1 Å². The van der Waals surface area contributed by atoms with Crippen LogP contribution in [0.3, 0.4) is 0 Å². The van der Waals surface area contributed by atoms with Crippen LogP contribution in [0.15, 0.2) is 12.1 Å². The minimum Gasteiger partial charge on any atom is -0.398 e. The molecule has 0 spiro atoms. The Bertz CT molecular complexity index is 401. The summed E-state index contributed by atoms with van der Waals surface area (Å²) in [6.07, 6.45) is 0.861. The van der Waals surface area contributed by atoms with E-state index in [4.69, 9.17) is 11.5 Å². The number of hydrogen-bond acceptors (Lipinski definition) is 2. The number of nitrogens with two attached hydrogens (primary N) is 2. The van der Waals surface area contributed by atoms with Gasteiger partial charge in [0, 0.05) is 12.2 Å². The summed E-state index contributed by atoms with van der Waals surface area (Å²) < 4.78 is 0. The molecule has 1 aromatic rings. The molecular formula is C10H13N3O. The average molecular weight is 191 g/mol. The second kappa shape index (κ2) is 2.90. The minimum atomic E-state index is -0.410. The second-order valence-electron chi connectivity index (χ2n) is 3.58. The molecule has 0 unspecified atom stereocenters. The van der Waals surface area contributed by atoms with E-state index in [0.717, 1.165) is 23.2 Å². The Hall–Kier alpha value is -1.71. The van der Waals surface area contributed by atoms with E-state index in [-0.39, 0.29) is 0 Å². The van der Waals surface area contributed by atoms with Gasteiger partial charge in [-0.3, -0.25) is 4.90 Å². The van der Waals surface area contributed by atoms with Gasteiger partial charge in [-0.2, -0.15) is 0 Å². The summed E-state index contributed by atoms with van der Waals surface area (Å²) in [4.78, 5) is 12.6. The zero-order chi connectivity index (χ0) is 10.3. The van der Waals surface area contributed by atoms with Crippen LogP contribution in [-0.2, 0) is 6.42 Å². The molecule has 0 atom stereocenters. The molecule has 0 saturated carbocycles. The zero-order valence-electron chi connectivity index (χ0n) is 8.08. The summed E-state index contributed by atoms with van der Waals surface area (Å²) in [6, 6.07) is 3.43. The number of primary amides is 1. The molecule has 4 N–H and O–H groups in total. The number of fused-ring (bicyclic) bond motifs is 1. The Balaban J connectivity index is 2.50. The van der Waals surface area contributed by atoms with Crippen molar-refractivity contribution in [3.63, 3.8) is 0 Å². The number of urea groups is 1. The standard InChI is InChI=1S/C10H13N3O/c1-6-4-7-2-3-13(10(12)14)9(7)5-8(6)11/h4-5H,2-3,11H2,1H3,(H2,12,14). The number of anilines is 2. The molecule has 1 aliphatic rings. The van der Waals surface area contributed by atoms with Crippen molar-refractivity contribution in [1.82, 2.24) is 0 Å². The molecule has 4 nitrogen and oxygen atoms in total. The number of nitrogens with zero attached hydrogens (tertiary/aromatic N) is 1. The highest BCUT2D eigenvalue weighted by molar-refractivity contribution is 5.93. The topological polar surface area (TPSA) is 72.3 Å². The Morgan fingerprint density at radius 1 is 1.50 bits per heavy atom. The van der Waals surface area contributed by atoms with Crippen LogP contribution >= 0.6 is 0 Å². The van der Waals surface area contributed by atoms with Crippen LogP contribution in [0.4, 0.5) is 16.2 Å². The van der Waals surface area contributed by atoms with E-state index >= 15 is 0 Å². The van der Waals surface area contributed by atoms with E-state index < -0.39 is 6.03 Å². The van der Waals surface area contributed by atoms with E-state index in [1.165, 1.54) is 0 Å². The Labute approximate surface area is 82.5 Å². The molecule has 0 radical (unpaired) electrons. The quantitative estimate of drug-likeness (QED) is 0.601. The van der Waals surface area contributed by atoms with Crippen LogP contribution in [0.1, 0.15) is 11.1 Å². The van der Waals surface area contributed by atoms with Gasteiger partial charge in [-0.15, -0.1) is 0 Å². The van der Waals surface area contributed by atoms with Gasteiger partial charge in [-0.1, -0.05) is 6.07 Å². The molecule has 0 aliphatic carbocycles. The van der Waals surface area contributed by atoms with Crippen molar-refractivity contribution in [1.29, 1.82) is 0 Å². The number of hydrogen-bond donors (Lipinski definition) is 2. The Kier molecular flexibility index (Phi) is 1.84. The Morgan fingerprint density at radius 2 is 2.21 bits per heavy atom. The molecular weight excluding hydrogens is 178 g/mol. The van der Waals surface area contributed by atoms with Crippen LogP contribution in [-0.4, -0.2) is 12.6 Å². The van der Waals surface area contributed by atoms with Gasteiger partial charge < -0.3 is 11.5 Å². The van der Waals surface area contributed by atoms with Gasteiger partial charge in [0.15, 0.2) is 0 Å². The molecule has 74 valence electrons. The lowest BCUT2D eigenvalue weighted by Gasteiger charge is -2.14. The monoisotopic (exact) mass is 191 g/mol. The van der Waals surface area contributed by atoms with Gasteiger partial charge in [0.25, 0.3) is 0 Å². The van der Waals surface area contributed by atoms with E-state index in [0.29, 0.717) is 12.2 Å². The first kappa shape index (κ1) is 8.87. The van der Waals surface area contributed by atoms with Gasteiger partial charge in [-0.05, 0) is 30.5 Å². The van der Waals surface area contributed by atoms with Crippen molar-refractivity contribution >= 4 is 17.4 Å². The fourth-order valence-electron chi connectivity index (χ4n) is 1.81. The second-order valence-corrected chi connectivity index (χ2v) is 3.58. The lowest BCUT2D eigenvalue weighted by molar-refractivity contribution is 0.254. The maximum absolute atomic E-state index is 11.1. The third kappa shape index (κ3) is 1.19. The fraction of sp³-hybridized carbons (Fsp3) is 0.300. The summed E-state index contributed by atoms with van der Waals surface area (Å²) in [5.74, 6) is 0. The third-order valence-corrected chi connectivity index (χ3v) is 2.63. The minimum absolute atomic E-state index is 0.410. The average Bonchev–Trinajstić information content (AvgIpc) is 2.48. The number of carbonyl (C=O) groups excluding carboxylic acids is 1. The molecule has 2 amide bonds. The first-order valence-electron chi connectivity index (χ1n) is 4.55. The van der Waals surface area contributed by atoms with Crippen molar-refractivity contribution in [2.75, 3.05) is 17.2 Å². The zero-order valence-corrected chi connectivity index (χ0v) is 8.08. The summed E-state index contributed by atoms with van der Waals surface area (Å²) in [5.41, 5.74) is 14.8. The fourth-order valence-corrected chi connectivity index (χ4v) is 1.81. The molecule has 0 saturated heterocycles. The highest BCUT2D eigenvalue weighted by atomic mass is 16.2. The first-order chi connectivity index (χ1) is 6.59. The normalized spacial score (nSPS) is 14.2. The van der Waals surface area contributed by atoms with Crippen LogP contribution in [0.5, 0.6) is 0 Å². The molecule has 0 fully saturated rings. The third-order valence-electron chi connectivity index (χ3n) is 2.63. The number of nitrogen functional groups attached to an aromatic ring is 1. The molecule has 1 aromatic carbocycles. The summed E-state index contributed by atoms with van der Waals surface area (Å²) in [7, 11) is 0. The number of aryl methyl sites for hydroxylation is 1. The van der Waals surface area contributed by atoms with Gasteiger partial charge in [0.05, 0.1) is 5.69 Å². The SMILES string of the molecule is Cc1cc2c(cc1N)N(C(N)=O)CC2. The van der Waals surface area contributed by atoms with Gasteiger partial charge >= 0.3 is 6.03 Å². The number of rotatable bonds is 0. The molecule has 1 aliphatic heterocycles. The van der Waals surface area contributed by atoms with Crippen molar-refractivity contribution in [2.45, 2.75) is 13.3 Å². The van der Waals surface area contributed by atoms with Crippen molar-refractivity contribution in [3.05, 3.63) is 23.3 Å². The lowest BCUT2D eigenvalue weighted by Crippen LogP contribution is -2.33. The van der Waals surface area contributed by atoms with Gasteiger partial charge in [0.2, 0.25) is 0 Å². The van der Waals surface area contributed by atoms with E-state index in [1.54, 1.807) is 4.90 Å². The van der Waals surface area contributed by atoms with E-state index in [2.05, 4.69) is 0 Å². The first-order valence-corrected chi connectivity index (χ1v) is 4.55. The highest BCUT2D eigenvalue weighted by Gasteiger charge is 2.23. The molecule has 0 bridgehead atoms. The highest BCUT2D eigenvalue weighted by Crippen LogP contribution is 2.31. The van der Waals surface area contributed by atoms with Crippen LogP contribution < -0.4 is 16.4 Å². The van der Waals surface area contributed by atoms with E-state index in [9.17, 15) is 4.79 Å². The summed E-state index contributed by atoms with van der Waals surface area (Å²) >= 11 is 0. The number of carbonyl (C=O) groups is 1. The largest absolute Gasteiger partial charge is 0.398 e. The van der Waals surface area contributed by atoms with Gasteiger partial charge in [-0.25, -0.2) is 4.79 Å². The lowest BCUT2D eigenvalue weighted by atomic mass is 10.1. The smallest absolute Gasteiger partial charge is 0.319 e. The van der Waals surface area contributed by atoms with Crippen molar-refractivity contribution < 1.29 is 4.79 Å². The van der Waals surface area contributed by atoms with Crippen molar-refractivity contribution in [2.24, 2.45) is 5.73 Å². The predicted molar refractivity (Wildman–Crippen MR) is 56.2 cm³/mol. The number of benzene rings is 1. The number of amides is 2. The maximum Gasteiger partial charge on any atom is 0.319 e. The predicted octanol–water partition coefficient (Wildman–Crippen LogP) is 1.02. The van der Waals surface area contributed by atoms with Crippen LogP contribution in [0.2, 0.25) is 0 Å². The van der Waals surface area contributed by atoms with Crippen LogP contribution in [0.25, 0.3) is 0 Å². The summed E-state index contributed by atoms with van der Waals surface area (Å²) in [5, 5.41) is 0. The van der Waals surface area contributed by atoms with Crippen molar-refractivity contribution in [3.8, 4) is 0 Å². The molecule has 4 heteroatoms.